The Morgan fingerprint density at radius 3 is 2.83 bits per heavy atom. The third kappa shape index (κ3) is 2.34. The number of halogens is 2. The summed E-state index contributed by atoms with van der Waals surface area (Å²) in [7, 11) is 0. The minimum Gasteiger partial charge on any atom is -0.265 e. The van der Waals surface area contributed by atoms with Crippen molar-refractivity contribution in [3.05, 3.63) is 57.3 Å². The van der Waals surface area contributed by atoms with Crippen LogP contribution in [-0.2, 0) is 6.54 Å². The fourth-order valence-corrected chi connectivity index (χ4v) is 3.02. The van der Waals surface area contributed by atoms with Crippen LogP contribution in [0.2, 0.25) is 5.15 Å². The molecule has 0 aliphatic heterocycles. The molecule has 0 N–H and O–H groups in total. The summed E-state index contributed by atoms with van der Waals surface area (Å²) in [6.45, 7) is 2.24. The smallest absolute Gasteiger partial charge is 0.265 e. The summed E-state index contributed by atoms with van der Waals surface area (Å²) in [5.74, 6) is 0.124. The quantitative estimate of drug-likeness (QED) is 0.741. The molecule has 118 valence electrons. The third-order valence-corrected chi connectivity index (χ3v) is 4.70. The Hall–Kier alpha value is -2.21. The van der Waals surface area contributed by atoms with E-state index < -0.39 is 0 Å². The van der Waals surface area contributed by atoms with Crippen molar-refractivity contribution in [3.8, 4) is 0 Å². The topological polar surface area (TPSA) is 52.7 Å². The Balaban J connectivity index is 1.80. The first-order valence-electron chi connectivity index (χ1n) is 7.43. The van der Waals surface area contributed by atoms with Crippen LogP contribution in [-0.4, -0.2) is 19.6 Å². The molecule has 0 spiro atoms. The van der Waals surface area contributed by atoms with Gasteiger partial charge in [0.2, 0.25) is 0 Å². The first-order chi connectivity index (χ1) is 11.1. The lowest BCUT2D eigenvalue weighted by atomic mass is 10.2. The molecule has 2 atom stereocenters. The van der Waals surface area contributed by atoms with E-state index in [0.29, 0.717) is 22.0 Å². The van der Waals surface area contributed by atoms with Gasteiger partial charge in [-0.05, 0) is 18.4 Å². The van der Waals surface area contributed by atoms with Gasteiger partial charge in [0.05, 0.1) is 24.2 Å². The molecule has 2 aromatic heterocycles. The fourth-order valence-electron chi connectivity index (χ4n) is 2.78. The van der Waals surface area contributed by atoms with E-state index in [9.17, 15) is 9.18 Å². The van der Waals surface area contributed by atoms with Crippen molar-refractivity contribution < 1.29 is 4.39 Å². The molecule has 0 saturated heterocycles. The van der Waals surface area contributed by atoms with Crippen molar-refractivity contribution in [1.29, 1.82) is 0 Å². The van der Waals surface area contributed by atoms with Crippen LogP contribution in [0.3, 0.4) is 0 Å². The van der Waals surface area contributed by atoms with E-state index in [1.165, 1.54) is 15.4 Å². The molecule has 4 rings (SSSR count). The zero-order valence-corrected chi connectivity index (χ0v) is 13.2. The molecule has 0 bridgehead atoms. The number of hydrogen-bond acceptors (Lipinski definition) is 3. The average molecular weight is 333 g/mol. The van der Waals surface area contributed by atoms with Crippen LogP contribution in [0, 0.1) is 11.7 Å². The molecule has 1 aliphatic rings. The molecule has 5 nitrogen and oxygen atoms in total. The van der Waals surface area contributed by atoms with Gasteiger partial charge in [-0.1, -0.05) is 36.7 Å². The number of fused-ring (bicyclic) bond motifs is 1. The van der Waals surface area contributed by atoms with E-state index >= 15 is 0 Å². The van der Waals surface area contributed by atoms with Crippen LogP contribution >= 0.6 is 11.6 Å². The van der Waals surface area contributed by atoms with Crippen LogP contribution in [0.25, 0.3) is 10.9 Å². The third-order valence-electron chi connectivity index (χ3n) is 4.31. The maximum absolute atomic E-state index is 13.8. The lowest BCUT2D eigenvalue weighted by molar-refractivity contribution is 0.571. The molecule has 1 saturated carbocycles. The van der Waals surface area contributed by atoms with Gasteiger partial charge in [0.15, 0.2) is 5.52 Å². The van der Waals surface area contributed by atoms with Crippen LogP contribution < -0.4 is 5.56 Å². The summed E-state index contributed by atoms with van der Waals surface area (Å²) >= 11 is 6.30. The molecule has 2 heterocycles. The maximum atomic E-state index is 13.8. The first kappa shape index (κ1) is 14.4. The highest BCUT2D eigenvalue weighted by Crippen LogP contribution is 2.41. The Morgan fingerprint density at radius 2 is 2.13 bits per heavy atom. The molecule has 0 unspecified atom stereocenters. The lowest BCUT2D eigenvalue weighted by Crippen LogP contribution is -2.22. The fraction of sp³-hybridized carbons (Fsp3) is 0.312. The number of rotatable bonds is 3. The first-order valence-corrected chi connectivity index (χ1v) is 7.81. The number of hydrogen-bond donors (Lipinski definition) is 0. The largest absolute Gasteiger partial charge is 0.295 e. The molecular weight excluding hydrogens is 319 g/mol. The Kier molecular flexibility index (Phi) is 3.23. The second-order valence-electron chi connectivity index (χ2n) is 5.98. The van der Waals surface area contributed by atoms with Gasteiger partial charge in [-0.15, -0.1) is 0 Å². The van der Waals surface area contributed by atoms with Crippen LogP contribution in [0.15, 0.2) is 35.3 Å². The molecule has 7 heteroatoms. The Bertz CT molecular complexity index is 964. The minimum atomic E-state index is -0.328. The molecule has 0 amide bonds. The van der Waals surface area contributed by atoms with Crippen LogP contribution in [0.4, 0.5) is 4.39 Å². The normalized spacial score (nSPS) is 20.1. The summed E-state index contributed by atoms with van der Waals surface area (Å²) in [5.41, 5.74) is 0.498. The van der Waals surface area contributed by atoms with Crippen molar-refractivity contribution in [2.24, 2.45) is 5.92 Å². The predicted octanol–water partition coefficient (Wildman–Crippen LogP) is 3.01. The summed E-state index contributed by atoms with van der Waals surface area (Å²) in [6, 6.07) is 6.57. The summed E-state index contributed by atoms with van der Waals surface area (Å²) in [4.78, 5) is 12.5. The molecular formula is C16H14ClFN4O. The van der Waals surface area contributed by atoms with Crippen molar-refractivity contribution in [1.82, 2.24) is 19.6 Å². The van der Waals surface area contributed by atoms with Crippen molar-refractivity contribution in [3.63, 3.8) is 0 Å². The molecule has 1 fully saturated rings. The Morgan fingerprint density at radius 1 is 1.39 bits per heavy atom. The zero-order valence-electron chi connectivity index (χ0n) is 12.4. The van der Waals surface area contributed by atoms with Gasteiger partial charge in [0.25, 0.3) is 5.56 Å². The lowest BCUT2D eigenvalue weighted by Gasteiger charge is -2.04. The van der Waals surface area contributed by atoms with E-state index in [2.05, 4.69) is 17.1 Å². The zero-order chi connectivity index (χ0) is 16.1. The van der Waals surface area contributed by atoms with Gasteiger partial charge >= 0.3 is 0 Å². The summed E-state index contributed by atoms with van der Waals surface area (Å²) in [6.07, 6.45) is 2.51. The highest BCUT2D eigenvalue weighted by atomic mass is 35.5. The second-order valence-corrected chi connectivity index (χ2v) is 6.33. The number of nitrogens with zero attached hydrogens (tertiary/aromatic N) is 4. The number of aromatic nitrogens is 4. The van der Waals surface area contributed by atoms with Gasteiger partial charge in [0.1, 0.15) is 11.0 Å². The van der Waals surface area contributed by atoms with E-state index in [1.54, 1.807) is 24.4 Å². The van der Waals surface area contributed by atoms with Gasteiger partial charge in [-0.3, -0.25) is 4.79 Å². The Labute approximate surface area is 136 Å². The van der Waals surface area contributed by atoms with Gasteiger partial charge in [0, 0.05) is 5.56 Å². The minimum absolute atomic E-state index is 0.141. The van der Waals surface area contributed by atoms with E-state index in [1.807, 2.05) is 0 Å². The maximum Gasteiger partial charge on any atom is 0.295 e. The van der Waals surface area contributed by atoms with Crippen molar-refractivity contribution in [2.45, 2.75) is 25.9 Å². The van der Waals surface area contributed by atoms with E-state index in [-0.39, 0.29) is 29.5 Å². The van der Waals surface area contributed by atoms with Crippen molar-refractivity contribution >= 4 is 22.5 Å². The van der Waals surface area contributed by atoms with E-state index in [0.717, 1.165) is 6.42 Å². The highest BCUT2D eigenvalue weighted by molar-refractivity contribution is 6.34. The second kappa shape index (κ2) is 5.16. The van der Waals surface area contributed by atoms with Crippen LogP contribution in [0.5, 0.6) is 0 Å². The molecule has 1 aromatic carbocycles. The molecule has 23 heavy (non-hydrogen) atoms. The van der Waals surface area contributed by atoms with E-state index in [4.69, 9.17) is 11.6 Å². The van der Waals surface area contributed by atoms with Crippen molar-refractivity contribution in [2.75, 3.05) is 0 Å². The highest BCUT2D eigenvalue weighted by Gasteiger charge is 2.36. The SMILES string of the molecule is C[C@@H]1C[C@@H]1n1ncc2c(Cl)n(Cc3ccccc3F)nc2c1=O. The summed E-state index contributed by atoms with van der Waals surface area (Å²) in [5, 5.41) is 9.29. The van der Waals surface area contributed by atoms with Gasteiger partial charge in [-0.2, -0.15) is 10.2 Å². The number of benzene rings is 1. The van der Waals surface area contributed by atoms with Gasteiger partial charge in [-0.25, -0.2) is 13.8 Å². The van der Waals surface area contributed by atoms with Gasteiger partial charge < -0.3 is 0 Å². The average Bonchev–Trinajstić information content (AvgIpc) is 3.17. The molecule has 0 radical (unpaired) electrons. The molecule has 3 aromatic rings. The monoisotopic (exact) mass is 332 g/mol. The molecule has 1 aliphatic carbocycles. The predicted molar refractivity (Wildman–Crippen MR) is 85.1 cm³/mol. The van der Waals surface area contributed by atoms with Crippen LogP contribution in [0.1, 0.15) is 24.9 Å². The summed E-state index contributed by atoms with van der Waals surface area (Å²) < 4.78 is 16.7. The standard InChI is InChI=1S/C16H14ClFN4O/c1-9-6-13(9)22-16(23)14-11(7-19-22)15(17)21(20-14)8-10-4-2-3-5-12(10)18/h2-5,7,9,13H,6,8H2,1H3/t9-,13+/m1/s1.